The molecule has 1 aromatic heterocycles. The highest BCUT2D eigenvalue weighted by molar-refractivity contribution is 5.98. The van der Waals surface area contributed by atoms with Gasteiger partial charge in [0.25, 0.3) is 11.8 Å². The molecule has 1 saturated carbocycles. The Morgan fingerprint density at radius 2 is 1.83 bits per heavy atom. The molecule has 2 heterocycles. The van der Waals surface area contributed by atoms with Crippen LogP contribution >= 0.6 is 0 Å². The van der Waals surface area contributed by atoms with Crippen LogP contribution < -0.4 is 5.32 Å². The Morgan fingerprint density at radius 3 is 2.60 bits per heavy atom. The van der Waals surface area contributed by atoms with Gasteiger partial charge >= 0.3 is 0 Å². The van der Waals surface area contributed by atoms with Crippen LogP contribution in [0.2, 0.25) is 0 Å². The molecule has 2 aromatic rings. The molecule has 7 heteroatoms. The van der Waals surface area contributed by atoms with E-state index < -0.39 is 0 Å². The average molecular weight is 413 g/mol. The number of carbonyl (C=O) groups is 2. The predicted octanol–water partition coefficient (Wildman–Crippen LogP) is 3.91. The first-order valence-corrected chi connectivity index (χ1v) is 11.0. The number of halogens is 1. The fraction of sp³-hybridized carbons (Fsp3) is 0.522. The van der Waals surface area contributed by atoms with Crippen molar-refractivity contribution in [1.29, 1.82) is 0 Å². The molecular weight excluding hydrogens is 383 g/mol. The molecule has 0 radical (unpaired) electrons. The molecule has 1 N–H and O–H groups in total. The lowest BCUT2D eigenvalue weighted by atomic mass is 9.96. The quantitative estimate of drug-likeness (QED) is 0.828. The van der Waals surface area contributed by atoms with Crippen LogP contribution in [0.4, 0.5) is 4.39 Å². The minimum Gasteiger partial charge on any atom is -0.348 e. The smallest absolute Gasteiger partial charge is 0.272 e. The van der Waals surface area contributed by atoms with Crippen LogP contribution in [0, 0.1) is 5.82 Å². The van der Waals surface area contributed by atoms with E-state index in [0.29, 0.717) is 31.0 Å². The van der Waals surface area contributed by atoms with E-state index in [1.54, 1.807) is 21.7 Å². The lowest BCUT2D eigenvalue weighted by Gasteiger charge is -2.20. The number of fused-ring (bicyclic) bond motifs is 1. The van der Waals surface area contributed by atoms with Crippen LogP contribution in [0.1, 0.15) is 77.9 Å². The van der Waals surface area contributed by atoms with Gasteiger partial charge in [0.15, 0.2) is 5.69 Å². The molecule has 0 unspecified atom stereocenters. The minimum atomic E-state index is -0.312. The number of nitrogens with one attached hydrogen (secondary N) is 1. The average Bonchev–Trinajstić information content (AvgIpc) is 3.07. The molecule has 30 heavy (non-hydrogen) atoms. The second kappa shape index (κ2) is 9.41. The number of hydrogen-bond acceptors (Lipinski definition) is 3. The van der Waals surface area contributed by atoms with Crippen LogP contribution in [0.15, 0.2) is 30.3 Å². The summed E-state index contributed by atoms with van der Waals surface area (Å²) in [5.74, 6) is -0.687. The van der Waals surface area contributed by atoms with E-state index in [9.17, 15) is 14.0 Å². The van der Waals surface area contributed by atoms with E-state index in [1.807, 2.05) is 6.07 Å². The van der Waals surface area contributed by atoms with Gasteiger partial charge in [-0.2, -0.15) is 5.10 Å². The highest BCUT2D eigenvalue weighted by Crippen LogP contribution is 2.19. The summed E-state index contributed by atoms with van der Waals surface area (Å²) in [6.45, 7) is 1.49. The molecule has 2 aliphatic rings. The highest BCUT2D eigenvalue weighted by atomic mass is 19.1. The third-order valence-corrected chi connectivity index (χ3v) is 6.02. The first-order valence-electron chi connectivity index (χ1n) is 11.0. The molecule has 0 atom stereocenters. The van der Waals surface area contributed by atoms with E-state index in [0.717, 1.165) is 37.7 Å². The zero-order valence-corrected chi connectivity index (χ0v) is 17.3. The SMILES string of the molecule is O=C(NC1CCCCCCC1)c1cc2n(n1)CCCN(Cc1cccc(F)c1)C2=O. The van der Waals surface area contributed by atoms with E-state index in [-0.39, 0.29) is 23.7 Å². The van der Waals surface area contributed by atoms with Crippen LogP contribution in [0.25, 0.3) is 0 Å². The van der Waals surface area contributed by atoms with Gasteiger partial charge in [0.2, 0.25) is 0 Å². The molecule has 0 saturated heterocycles. The molecule has 1 aliphatic heterocycles. The maximum atomic E-state index is 13.5. The Morgan fingerprint density at radius 1 is 1.07 bits per heavy atom. The third-order valence-electron chi connectivity index (χ3n) is 6.02. The van der Waals surface area contributed by atoms with Crippen molar-refractivity contribution in [2.75, 3.05) is 6.54 Å². The van der Waals surface area contributed by atoms with Gasteiger partial charge in [0.1, 0.15) is 11.5 Å². The van der Waals surface area contributed by atoms with Gasteiger partial charge in [-0.3, -0.25) is 14.3 Å². The Hall–Kier alpha value is -2.70. The maximum absolute atomic E-state index is 13.5. The molecule has 4 rings (SSSR count). The molecule has 160 valence electrons. The van der Waals surface area contributed by atoms with Gasteiger partial charge in [0.05, 0.1) is 0 Å². The lowest BCUT2D eigenvalue weighted by Crippen LogP contribution is -2.35. The van der Waals surface area contributed by atoms with Crippen molar-refractivity contribution in [1.82, 2.24) is 20.0 Å². The number of hydrogen-bond donors (Lipinski definition) is 1. The summed E-state index contributed by atoms with van der Waals surface area (Å²) in [5.41, 5.74) is 1.47. The number of nitrogens with zero attached hydrogens (tertiary/aromatic N) is 3. The van der Waals surface area contributed by atoms with Crippen molar-refractivity contribution < 1.29 is 14.0 Å². The number of benzene rings is 1. The second-order valence-electron chi connectivity index (χ2n) is 8.36. The third kappa shape index (κ3) is 4.89. The lowest BCUT2D eigenvalue weighted by molar-refractivity contribution is 0.0745. The zero-order chi connectivity index (χ0) is 20.9. The zero-order valence-electron chi connectivity index (χ0n) is 17.3. The van der Waals surface area contributed by atoms with Gasteiger partial charge < -0.3 is 10.2 Å². The Bertz CT molecular complexity index is 902. The van der Waals surface area contributed by atoms with Crippen molar-refractivity contribution in [2.45, 2.75) is 70.5 Å². The van der Waals surface area contributed by atoms with Gasteiger partial charge in [-0.25, -0.2) is 4.39 Å². The van der Waals surface area contributed by atoms with Crippen LogP contribution in [0.3, 0.4) is 0 Å². The topological polar surface area (TPSA) is 67.2 Å². The van der Waals surface area contributed by atoms with Crippen molar-refractivity contribution >= 4 is 11.8 Å². The number of amides is 2. The predicted molar refractivity (Wildman–Crippen MR) is 112 cm³/mol. The van der Waals surface area contributed by atoms with Gasteiger partial charge in [0, 0.05) is 31.7 Å². The largest absolute Gasteiger partial charge is 0.348 e. The summed E-state index contributed by atoms with van der Waals surface area (Å²) < 4.78 is 15.1. The molecule has 6 nitrogen and oxygen atoms in total. The van der Waals surface area contributed by atoms with Crippen LogP contribution in [-0.2, 0) is 13.1 Å². The normalized spacial score (nSPS) is 18.3. The fourth-order valence-electron chi connectivity index (χ4n) is 4.41. The van der Waals surface area contributed by atoms with E-state index in [4.69, 9.17) is 0 Å². The van der Waals surface area contributed by atoms with Gasteiger partial charge in [-0.05, 0) is 37.0 Å². The van der Waals surface area contributed by atoms with Crippen molar-refractivity contribution in [3.05, 3.63) is 53.1 Å². The van der Waals surface area contributed by atoms with Gasteiger partial charge in [-0.15, -0.1) is 0 Å². The summed E-state index contributed by atoms with van der Waals surface area (Å²) >= 11 is 0. The number of rotatable bonds is 4. The molecule has 1 aromatic carbocycles. The standard InChI is InChI=1S/C23H29FN4O2/c24-18-9-6-8-17(14-18)16-27-12-7-13-28-21(23(27)30)15-20(26-28)22(29)25-19-10-4-2-1-3-5-11-19/h6,8-9,14-15,19H,1-5,7,10-13,16H2,(H,25,29). The van der Waals surface area contributed by atoms with E-state index in [2.05, 4.69) is 10.4 Å². The van der Waals surface area contributed by atoms with Crippen LogP contribution in [0.5, 0.6) is 0 Å². The summed E-state index contributed by atoms with van der Waals surface area (Å²) in [7, 11) is 0. The molecule has 0 spiro atoms. The fourth-order valence-corrected chi connectivity index (χ4v) is 4.41. The first-order chi connectivity index (χ1) is 14.6. The summed E-state index contributed by atoms with van der Waals surface area (Å²) in [6.07, 6.45) is 8.74. The molecule has 1 fully saturated rings. The van der Waals surface area contributed by atoms with Crippen molar-refractivity contribution in [2.24, 2.45) is 0 Å². The number of aryl methyl sites for hydroxylation is 1. The first kappa shape index (κ1) is 20.6. The Balaban J connectivity index is 1.46. The molecule has 0 bridgehead atoms. The van der Waals surface area contributed by atoms with E-state index >= 15 is 0 Å². The second-order valence-corrected chi connectivity index (χ2v) is 8.36. The van der Waals surface area contributed by atoms with Gasteiger partial charge in [-0.1, -0.05) is 44.2 Å². The minimum absolute atomic E-state index is 0.172. The summed E-state index contributed by atoms with van der Waals surface area (Å²) in [4.78, 5) is 27.6. The van der Waals surface area contributed by atoms with Crippen molar-refractivity contribution in [3.63, 3.8) is 0 Å². The molecule has 2 amide bonds. The Labute approximate surface area is 176 Å². The van der Waals surface area contributed by atoms with Crippen LogP contribution in [-0.4, -0.2) is 39.1 Å². The number of aromatic nitrogens is 2. The summed E-state index contributed by atoms with van der Waals surface area (Å²) in [6, 6.07) is 8.08. The highest BCUT2D eigenvalue weighted by Gasteiger charge is 2.27. The number of carbonyl (C=O) groups excluding carboxylic acids is 2. The van der Waals surface area contributed by atoms with E-state index in [1.165, 1.54) is 31.4 Å². The molecular formula is C23H29FN4O2. The summed E-state index contributed by atoms with van der Waals surface area (Å²) in [5, 5.41) is 7.54. The Kier molecular flexibility index (Phi) is 6.45. The molecule has 1 aliphatic carbocycles. The maximum Gasteiger partial charge on any atom is 0.272 e. The monoisotopic (exact) mass is 412 g/mol. The van der Waals surface area contributed by atoms with Crippen molar-refractivity contribution in [3.8, 4) is 0 Å².